The topological polar surface area (TPSA) is 88.5 Å². The summed E-state index contributed by atoms with van der Waals surface area (Å²) in [7, 11) is 0. The Balaban J connectivity index is 1.42. The van der Waals surface area contributed by atoms with Crippen LogP contribution < -0.4 is 15.4 Å². The molecule has 8 heteroatoms. The molecule has 1 aliphatic rings. The molecule has 2 heterocycles. The summed E-state index contributed by atoms with van der Waals surface area (Å²) in [5.41, 5.74) is 0.673. The maximum absolute atomic E-state index is 12.3. The van der Waals surface area contributed by atoms with E-state index >= 15 is 0 Å². The number of aromatic nitrogens is 2. The van der Waals surface area contributed by atoms with Gasteiger partial charge in [-0.05, 0) is 31.0 Å². The monoisotopic (exact) mass is 399 g/mol. The van der Waals surface area contributed by atoms with Gasteiger partial charge in [0.15, 0.2) is 0 Å². The Labute approximate surface area is 171 Å². The molecular formula is C21H29N5O3. The fourth-order valence-corrected chi connectivity index (χ4v) is 3.32. The third-order valence-corrected chi connectivity index (χ3v) is 4.88. The van der Waals surface area contributed by atoms with E-state index in [4.69, 9.17) is 4.74 Å². The lowest BCUT2D eigenvalue weighted by Gasteiger charge is -2.33. The summed E-state index contributed by atoms with van der Waals surface area (Å²) in [6.07, 6.45) is 5.15. The second-order valence-electron chi connectivity index (χ2n) is 7.50. The lowest BCUT2D eigenvalue weighted by Crippen LogP contribution is -2.48. The molecule has 0 bridgehead atoms. The minimum absolute atomic E-state index is 0.0110. The molecule has 3 rings (SSSR count). The zero-order chi connectivity index (χ0) is 20.6. The number of hydrogen-bond acceptors (Lipinski definition) is 4. The summed E-state index contributed by atoms with van der Waals surface area (Å²) in [6.45, 7) is 6.34. The molecule has 2 N–H and O–H groups in total. The summed E-state index contributed by atoms with van der Waals surface area (Å²) >= 11 is 0. The van der Waals surface area contributed by atoms with Gasteiger partial charge < -0.3 is 20.3 Å². The smallest absolute Gasteiger partial charge is 0.319 e. The number of carbonyl (C=O) groups is 2. The number of ether oxygens (including phenoxy) is 1. The maximum Gasteiger partial charge on any atom is 0.319 e. The number of urea groups is 1. The van der Waals surface area contributed by atoms with Gasteiger partial charge in [0, 0.05) is 49.2 Å². The van der Waals surface area contributed by atoms with Crippen LogP contribution in [0.1, 0.15) is 26.7 Å². The van der Waals surface area contributed by atoms with E-state index in [0.717, 1.165) is 12.8 Å². The van der Waals surface area contributed by atoms with Gasteiger partial charge in [-0.25, -0.2) is 4.79 Å². The van der Waals surface area contributed by atoms with E-state index in [1.54, 1.807) is 16.9 Å². The van der Waals surface area contributed by atoms with Crippen LogP contribution in [-0.4, -0.2) is 52.4 Å². The van der Waals surface area contributed by atoms with Gasteiger partial charge in [0.25, 0.3) is 0 Å². The van der Waals surface area contributed by atoms with E-state index in [0.29, 0.717) is 37.7 Å². The van der Waals surface area contributed by atoms with Crippen molar-refractivity contribution in [2.45, 2.75) is 39.3 Å². The number of anilines is 1. The van der Waals surface area contributed by atoms with Crippen molar-refractivity contribution < 1.29 is 14.3 Å². The SMILES string of the molecule is CC(C)C(=O)N1CCC(NC(=O)Nc2cccc(OCCn3cccn3)c2)CC1. The van der Waals surface area contributed by atoms with Crippen LogP contribution in [0.3, 0.4) is 0 Å². The Morgan fingerprint density at radius 1 is 1.24 bits per heavy atom. The van der Waals surface area contributed by atoms with E-state index in [1.807, 2.05) is 49.2 Å². The third kappa shape index (κ3) is 6.23. The van der Waals surface area contributed by atoms with Gasteiger partial charge in [0.1, 0.15) is 12.4 Å². The standard InChI is InChI=1S/C21H29N5O3/c1-16(2)20(27)25-11-7-17(8-12-25)23-21(28)24-18-5-3-6-19(15-18)29-14-13-26-10-4-9-22-26/h3-6,9-10,15-17H,7-8,11-14H2,1-2H3,(H2,23,24,28). The second-order valence-corrected chi connectivity index (χ2v) is 7.50. The first-order chi connectivity index (χ1) is 14.0. The van der Waals surface area contributed by atoms with Gasteiger partial charge in [-0.1, -0.05) is 19.9 Å². The molecule has 0 spiro atoms. The maximum atomic E-state index is 12.3. The average molecular weight is 399 g/mol. The minimum Gasteiger partial charge on any atom is -0.492 e. The molecule has 1 fully saturated rings. The van der Waals surface area contributed by atoms with Crippen molar-refractivity contribution in [1.82, 2.24) is 20.0 Å². The van der Waals surface area contributed by atoms with Crippen LogP contribution in [0.4, 0.5) is 10.5 Å². The molecule has 29 heavy (non-hydrogen) atoms. The van der Waals surface area contributed by atoms with Crippen molar-refractivity contribution in [1.29, 1.82) is 0 Å². The van der Waals surface area contributed by atoms with Crippen molar-refractivity contribution in [2.24, 2.45) is 5.92 Å². The first kappa shape index (κ1) is 20.7. The van der Waals surface area contributed by atoms with Gasteiger partial charge in [-0.15, -0.1) is 0 Å². The van der Waals surface area contributed by atoms with E-state index < -0.39 is 0 Å². The zero-order valence-corrected chi connectivity index (χ0v) is 17.0. The quantitative estimate of drug-likeness (QED) is 0.749. The summed E-state index contributed by atoms with van der Waals surface area (Å²) in [5, 5.41) is 9.99. The molecule has 8 nitrogen and oxygen atoms in total. The second kappa shape index (κ2) is 9.95. The van der Waals surface area contributed by atoms with E-state index in [1.165, 1.54) is 0 Å². The Bertz CT molecular complexity index is 798. The van der Waals surface area contributed by atoms with Gasteiger partial charge in [0.2, 0.25) is 5.91 Å². The number of hydrogen-bond donors (Lipinski definition) is 2. The number of amides is 3. The molecule has 1 aromatic heterocycles. The Morgan fingerprint density at radius 2 is 2.03 bits per heavy atom. The summed E-state index contributed by atoms with van der Waals surface area (Å²) in [4.78, 5) is 26.3. The third-order valence-electron chi connectivity index (χ3n) is 4.88. The van der Waals surface area contributed by atoms with Crippen LogP contribution in [0, 0.1) is 5.92 Å². The van der Waals surface area contributed by atoms with Crippen LogP contribution in [0.25, 0.3) is 0 Å². The first-order valence-electron chi connectivity index (χ1n) is 10.1. The molecule has 1 aromatic carbocycles. The van der Waals surface area contributed by atoms with Crippen LogP contribution in [0.5, 0.6) is 5.75 Å². The molecule has 0 aliphatic carbocycles. The van der Waals surface area contributed by atoms with Crippen molar-refractivity contribution in [3.63, 3.8) is 0 Å². The minimum atomic E-state index is -0.243. The molecule has 3 amide bonds. The fraction of sp³-hybridized carbons (Fsp3) is 0.476. The van der Waals surface area contributed by atoms with Crippen LogP contribution in [-0.2, 0) is 11.3 Å². The number of benzene rings is 1. The molecule has 0 saturated carbocycles. The normalized spacial score (nSPS) is 14.7. The van der Waals surface area contributed by atoms with Gasteiger partial charge >= 0.3 is 6.03 Å². The number of likely N-dealkylation sites (tertiary alicyclic amines) is 1. The van der Waals surface area contributed by atoms with E-state index in [2.05, 4.69) is 15.7 Å². The molecule has 1 saturated heterocycles. The van der Waals surface area contributed by atoms with Gasteiger partial charge in [0.05, 0.1) is 6.54 Å². The highest BCUT2D eigenvalue weighted by molar-refractivity contribution is 5.89. The number of rotatable bonds is 7. The van der Waals surface area contributed by atoms with Gasteiger partial charge in [-0.3, -0.25) is 9.48 Å². The average Bonchev–Trinajstić information content (AvgIpc) is 3.22. The first-order valence-corrected chi connectivity index (χ1v) is 10.1. The molecule has 0 radical (unpaired) electrons. The number of carbonyl (C=O) groups excluding carboxylic acids is 2. The predicted molar refractivity (Wildman–Crippen MR) is 111 cm³/mol. The Kier molecular flexibility index (Phi) is 7.10. The molecule has 2 aromatic rings. The molecule has 0 atom stereocenters. The summed E-state index contributed by atoms with van der Waals surface area (Å²) in [5.74, 6) is 0.879. The number of nitrogens with one attached hydrogen (secondary N) is 2. The largest absolute Gasteiger partial charge is 0.492 e. The van der Waals surface area contributed by atoms with Crippen LogP contribution >= 0.6 is 0 Å². The fourth-order valence-electron chi connectivity index (χ4n) is 3.32. The van der Waals surface area contributed by atoms with Crippen molar-refractivity contribution in [3.05, 3.63) is 42.7 Å². The highest BCUT2D eigenvalue weighted by Crippen LogP contribution is 2.18. The summed E-state index contributed by atoms with van der Waals surface area (Å²) in [6, 6.07) is 9.01. The molecular weight excluding hydrogens is 370 g/mol. The van der Waals surface area contributed by atoms with Crippen LogP contribution in [0.2, 0.25) is 0 Å². The zero-order valence-electron chi connectivity index (χ0n) is 17.0. The number of nitrogens with zero attached hydrogens (tertiary/aromatic N) is 3. The lowest BCUT2D eigenvalue weighted by atomic mass is 10.0. The predicted octanol–water partition coefficient (Wildman–Crippen LogP) is 2.73. The van der Waals surface area contributed by atoms with E-state index in [9.17, 15) is 9.59 Å². The van der Waals surface area contributed by atoms with E-state index in [-0.39, 0.29) is 23.9 Å². The lowest BCUT2D eigenvalue weighted by molar-refractivity contribution is -0.135. The van der Waals surface area contributed by atoms with Crippen molar-refractivity contribution >= 4 is 17.6 Å². The summed E-state index contributed by atoms with van der Waals surface area (Å²) < 4.78 is 7.54. The Hall–Kier alpha value is -3.03. The van der Waals surface area contributed by atoms with Crippen molar-refractivity contribution in [2.75, 3.05) is 25.0 Å². The van der Waals surface area contributed by atoms with Crippen molar-refractivity contribution in [3.8, 4) is 5.75 Å². The van der Waals surface area contributed by atoms with Gasteiger partial charge in [-0.2, -0.15) is 5.10 Å². The highest BCUT2D eigenvalue weighted by atomic mass is 16.5. The highest BCUT2D eigenvalue weighted by Gasteiger charge is 2.25. The van der Waals surface area contributed by atoms with Crippen LogP contribution in [0.15, 0.2) is 42.7 Å². The molecule has 156 valence electrons. The molecule has 1 aliphatic heterocycles. The Morgan fingerprint density at radius 3 is 2.72 bits per heavy atom. The number of piperidine rings is 1. The molecule has 0 unspecified atom stereocenters.